The molecule has 1 unspecified atom stereocenters. The Morgan fingerprint density at radius 2 is 1.91 bits per heavy atom. The number of hydrogen-bond donors (Lipinski definition) is 0. The Hall–Kier alpha value is -1.88. The summed E-state index contributed by atoms with van der Waals surface area (Å²) in [5.74, 6) is 6.45. The number of benzene rings is 1. The smallest absolute Gasteiger partial charge is 0.145 e. The normalized spacial score (nSPS) is 11.1. The molecule has 0 aliphatic carbocycles. The van der Waals surface area contributed by atoms with Gasteiger partial charge < -0.3 is 4.74 Å². The Kier molecular flexibility index (Phi) is 10.5. The summed E-state index contributed by atoms with van der Waals surface area (Å²) in [6.45, 7) is 5.04. The number of rotatable bonds is 9. The van der Waals surface area contributed by atoms with Crippen LogP contribution in [-0.2, 0) is 4.74 Å². The van der Waals surface area contributed by atoms with E-state index in [1.165, 1.54) is 19.3 Å². The number of unbranched alkanes of at least 4 members (excludes halogenated alkanes) is 4. The van der Waals surface area contributed by atoms with Gasteiger partial charge in [-0.25, -0.2) is 4.99 Å². The molecular formula is C20H28N2O. The fourth-order valence-corrected chi connectivity index (χ4v) is 2.13. The Balaban J connectivity index is 2.77. The first-order valence-corrected chi connectivity index (χ1v) is 8.55. The van der Waals surface area contributed by atoms with Crippen molar-refractivity contribution in [1.29, 1.82) is 0 Å². The van der Waals surface area contributed by atoms with E-state index < -0.39 is 0 Å². The highest BCUT2D eigenvalue weighted by atomic mass is 16.5. The van der Waals surface area contributed by atoms with Crippen LogP contribution in [0.1, 0.15) is 64.0 Å². The van der Waals surface area contributed by atoms with Crippen LogP contribution in [0.5, 0.6) is 0 Å². The van der Waals surface area contributed by atoms with Crippen molar-refractivity contribution in [3.05, 3.63) is 29.8 Å². The van der Waals surface area contributed by atoms with Crippen LogP contribution in [0.2, 0.25) is 0 Å². The van der Waals surface area contributed by atoms with Crippen LogP contribution in [0.15, 0.2) is 34.3 Å². The van der Waals surface area contributed by atoms with Gasteiger partial charge in [0, 0.05) is 25.6 Å². The molecule has 0 aliphatic heterocycles. The van der Waals surface area contributed by atoms with Crippen molar-refractivity contribution in [2.45, 2.75) is 58.5 Å². The van der Waals surface area contributed by atoms with Gasteiger partial charge in [0.1, 0.15) is 6.10 Å². The van der Waals surface area contributed by atoms with E-state index in [0.29, 0.717) is 0 Å². The highest BCUT2D eigenvalue weighted by Gasteiger charge is 2.11. The lowest BCUT2D eigenvalue weighted by molar-refractivity contribution is 0.151. The zero-order chi connectivity index (χ0) is 16.8. The second-order valence-electron chi connectivity index (χ2n) is 5.40. The lowest BCUT2D eigenvalue weighted by Gasteiger charge is -2.11. The van der Waals surface area contributed by atoms with Gasteiger partial charge in [0.05, 0.1) is 11.7 Å². The number of para-hydroxylation sites is 1. The van der Waals surface area contributed by atoms with Gasteiger partial charge in [0.15, 0.2) is 0 Å². The summed E-state index contributed by atoms with van der Waals surface area (Å²) < 4.78 is 5.54. The van der Waals surface area contributed by atoms with Crippen LogP contribution < -0.4 is 0 Å². The Morgan fingerprint density at radius 3 is 2.65 bits per heavy atom. The van der Waals surface area contributed by atoms with Crippen molar-refractivity contribution in [3.8, 4) is 11.8 Å². The van der Waals surface area contributed by atoms with Gasteiger partial charge in [-0.15, -0.1) is 5.92 Å². The number of aliphatic imine (C=N–C) groups is 2. The van der Waals surface area contributed by atoms with Crippen molar-refractivity contribution in [2.75, 3.05) is 13.7 Å². The van der Waals surface area contributed by atoms with E-state index in [0.717, 1.165) is 37.1 Å². The molecule has 0 aromatic heterocycles. The SMILES string of the molecule is CCCCCCC#CC(OC)c1ccccc1N=C=NCCC. The molecule has 0 heterocycles. The lowest BCUT2D eigenvalue weighted by atomic mass is 10.1. The molecular weight excluding hydrogens is 284 g/mol. The summed E-state index contributed by atoms with van der Waals surface area (Å²) >= 11 is 0. The number of hydrogen-bond acceptors (Lipinski definition) is 3. The molecule has 1 rings (SSSR count). The molecule has 3 heteroatoms. The predicted molar refractivity (Wildman–Crippen MR) is 97.4 cm³/mol. The third kappa shape index (κ3) is 7.79. The van der Waals surface area contributed by atoms with Gasteiger partial charge in [-0.1, -0.05) is 57.2 Å². The maximum atomic E-state index is 5.54. The minimum Gasteiger partial charge on any atom is -0.364 e. The summed E-state index contributed by atoms with van der Waals surface area (Å²) in [6, 6.07) is 10.6. The van der Waals surface area contributed by atoms with Gasteiger partial charge >= 0.3 is 0 Å². The summed E-state index contributed by atoms with van der Waals surface area (Å²) in [6.07, 6.45) is 6.59. The van der Waals surface area contributed by atoms with Gasteiger partial charge in [0.25, 0.3) is 0 Å². The molecule has 1 atom stereocenters. The molecule has 0 fully saturated rings. The highest BCUT2D eigenvalue weighted by Crippen LogP contribution is 2.26. The molecule has 3 nitrogen and oxygen atoms in total. The van der Waals surface area contributed by atoms with Gasteiger partial charge in [-0.05, 0) is 18.9 Å². The Labute approximate surface area is 140 Å². The van der Waals surface area contributed by atoms with Gasteiger partial charge in [0.2, 0.25) is 0 Å². The summed E-state index contributed by atoms with van der Waals surface area (Å²) in [5.41, 5.74) is 1.79. The topological polar surface area (TPSA) is 34.0 Å². The van der Waals surface area contributed by atoms with Gasteiger partial charge in [-0.3, -0.25) is 0 Å². The predicted octanol–water partition coefficient (Wildman–Crippen LogP) is 5.56. The second-order valence-corrected chi connectivity index (χ2v) is 5.40. The summed E-state index contributed by atoms with van der Waals surface area (Å²) in [5, 5.41) is 0. The molecule has 0 saturated carbocycles. The Bertz CT molecular complexity index is 562. The van der Waals surface area contributed by atoms with Crippen LogP contribution in [0.25, 0.3) is 0 Å². The summed E-state index contributed by atoms with van der Waals surface area (Å²) in [7, 11) is 1.68. The van der Waals surface area contributed by atoms with Crippen LogP contribution >= 0.6 is 0 Å². The molecule has 0 bridgehead atoms. The summed E-state index contributed by atoms with van der Waals surface area (Å²) in [4.78, 5) is 8.44. The molecule has 1 aromatic carbocycles. The van der Waals surface area contributed by atoms with Crippen LogP contribution in [0.3, 0.4) is 0 Å². The quantitative estimate of drug-likeness (QED) is 0.334. The van der Waals surface area contributed by atoms with E-state index in [-0.39, 0.29) is 6.10 Å². The zero-order valence-electron chi connectivity index (χ0n) is 14.6. The number of nitrogens with zero attached hydrogens (tertiary/aromatic N) is 2. The zero-order valence-corrected chi connectivity index (χ0v) is 14.6. The Morgan fingerprint density at radius 1 is 1.09 bits per heavy atom. The third-order valence-electron chi connectivity index (χ3n) is 3.42. The number of ether oxygens (including phenoxy) is 1. The third-order valence-corrected chi connectivity index (χ3v) is 3.42. The van der Waals surface area contributed by atoms with E-state index in [2.05, 4.69) is 41.7 Å². The average molecular weight is 312 g/mol. The van der Waals surface area contributed by atoms with Crippen LogP contribution in [0, 0.1) is 11.8 Å². The fourth-order valence-electron chi connectivity index (χ4n) is 2.13. The minimum atomic E-state index is -0.255. The van der Waals surface area contributed by atoms with Crippen molar-refractivity contribution >= 4 is 11.7 Å². The second kappa shape index (κ2) is 12.6. The molecule has 23 heavy (non-hydrogen) atoms. The van der Waals surface area contributed by atoms with E-state index in [9.17, 15) is 0 Å². The first kappa shape index (κ1) is 19.2. The van der Waals surface area contributed by atoms with Crippen molar-refractivity contribution < 1.29 is 4.74 Å². The molecule has 0 radical (unpaired) electrons. The molecule has 0 saturated heterocycles. The molecule has 0 N–H and O–H groups in total. The molecule has 1 aromatic rings. The van der Waals surface area contributed by atoms with E-state index in [4.69, 9.17) is 4.74 Å². The minimum absolute atomic E-state index is 0.255. The van der Waals surface area contributed by atoms with E-state index in [1.807, 2.05) is 24.3 Å². The van der Waals surface area contributed by atoms with Crippen molar-refractivity contribution in [1.82, 2.24) is 0 Å². The average Bonchev–Trinajstić information content (AvgIpc) is 2.59. The van der Waals surface area contributed by atoms with Crippen molar-refractivity contribution in [3.63, 3.8) is 0 Å². The molecule has 124 valence electrons. The van der Waals surface area contributed by atoms with Gasteiger partial charge in [-0.2, -0.15) is 4.99 Å². The first-order valence-electron chi connectivity index (χ1n) is 8.55. The first-order chi connectivity index (χ1) is 11.3. The number of methoxy groups -OCH3 is 1. The van der Waals surface area contributed by atoms with E-state index >= 15 is 0 Å². The molecule has 0 aliphatic rings. The van der Waals surface area contributed by atoms with Crippen molar-refractivity contribution in [2.24, 2.45) is 9.98 Å². The van der Waals surface area contributed by atoms with Crippen LogP contribution in [-0.4, -0.2) is 19.7 Å². The fraction of sp³-hybridized carbons (Fsp3) is 0.550. The van der Waals surface area contributed by atoms with E-state index in [1.54, 1.807) is 7.11 Å². The molecule has 0 amide bonds. The molecule has 0 spiro atoms. The largest absolute Gasteiger partial charge is 0.364 e. The highest BCUT2D eigenvalue weighted by molar-refractivity contribution is 5.57. The maximum absolute atomic E-state index is 5.54. The monoisotopic (exact) mass is 312 g/mol. The lowest BCUT2D eigenvalue weighted by Crippen LogP contribution is -1.98. The van der Waals surface area contributed by atoms with Crippen LogP contribution in [0.4, 0.5) is 5.69 Å². The standard InChI is InChI=1S/C20H28N2O/c1-4-6-7-8-9-10-15-20(23-3)18-13-11-12-14-19(18)22-17-21-16-5-2/h11-14,20H,4-9,16H2,1-3H3. The maximum Gasteiger partial charge on any atom is 0.145 e.